The fraction of sp³-hybridized carbons (Fsp3) is 0.417. The Balaban J connectivity index is 2.67. The largest absolute Gasteiger partial charge is 0.295 e. The second kappa shape index (κ2) is 9.27. The molecular weight excluding hydrogens is 603 g/mol. The molecule has 0 aliphatic heterocycles. The van der Waals surface area contributed by atoms with Crippen molar-refractivity contribution in [2.24, 2.45) is 0 Å². The summed E-state index contributed by atoms with van der Waals surface area (Å²) < 4.78 is 37.7. The predicted molar refractivity (Wildman–Crippen MR) is 142 cm³/mol. The molecule has 32 heavy (non-hydrogen) atoms. The molecule has 0 bridgehead atoms. The minimum atomic E-state index is -4.46. The molecule has 0 radical (unpaired) electrons. The van der Waals surface area contributed by atoms with Gasteiger partial charge in [0, 0.05) is 19.0 Å². The van der Waals surface area contributed by atoms with E-state index in [0.717, 1.165) is 30.1 Å². The number of nitrogens with zero attached hydrogens (tertiary/aromatic N) is 2. The summed E-state index contributed by atoms with van der Waals surface area (Å²) in [4.78, 5) is 9.45. The Hall–Kier alpha value is -1.10. The maximum absolute atomic E-state index is 12.7. The van der Waals surface area contributed by atoms with Gasteiger partial charge in [-0.2, -0.15) is 8.42 Å². The molecule has 0 spiro atoms. The number of rotatable bonds is 5. The second-order valence-corrected chi connectivity index (χ2v) is 12.4. The Labute approximate surface area is 212 Å². The molecule has 0 aliphatic carbocycles. The quantitative estimate of drug-likeness (QED) is 0.232. The number of aryl methyl sites for hydroxylation is 1. The standard InChI is InChI=1S/C24H28BrIN2O3S/c1-11(2)15-8-16(12(3)4)24(32(29,30)31)21(13(5)6)22(15)23-17-9-19(26)18(25)10-20(17)27-14(7)28-23/h8-13H,1-7H3,(H,29,30,31). The van der Waals surface area contributed by atoms with Gasteiger partial charge in [0.25, 0.3) is 10.1 Å². The van der Waals surface area contributed by atoms with Crippen molar-refractivity contribution in [1.82, 2.24) is 9.97 Å². The van der Waals surface area contributed by atoms with E-state index >= 15 is 0 Å². The van der Waals surface area contributed by atoms with Crippen molar-refractivity contribution >= 4 is 59.5 Å². The van der Waals surface area contributed by atoms with E-state index in [4.69, 9.17) is 4.98 Å². The molecule has 0 saturated carbocycles. The Kier molecular flexibility index (Phi) is 7.39. The summed E-state index contributed by atoms with van der Waals surface area (Å²) in [5.41, 5.74) is 4.52. The summed E-state index contributed by atoms with van der Waals surface area (Å²) in [7, 11) is -4.46. The minimum absolute atomic E-state index is 0.0122. The first-order valence-electron chi connectivity index (χ1n) is 10.6. The Morgan fingerprint density at radius 3 is 2.03 bits per heavy atom. The molecule has 0 fully saturated rings. The van der Waals surface area contributed by atoms with Crippen LogP contribution in [0.15, 0.2) is 27.6 Å². The van der Waals surface area contributed by atoms with Crippen LogP contribution in [-0.4, -0.2) is 22.9 Å². The van der Waals surface area contributed by atoms with Crippen LogP contribution >= 0.6 is 38.5 Å². The monoisotopic (exact) mass is 630 g/mol. The van der Waals surface area contributed by atoms with Crippen molar-refractivity contribution in [2.75, 3.05) is 0 Å². The van der Waals surface area contributed by atoms with E-state index in [0.29, 0.717) is 22.6 Å². The van der Waals surface area contributed by atoms with Crippen LogP contribution in [0.5, 0.6) is 0 Å². The topological polar surface area (TPSA) is 80.2 Å². The molecule has 0 unspecified atom stereocenters. The zero-order chi connectivity index (χ0) is 24.1. The third-order valence-electron chi connectivity index (χ3n) is 5.54. The van der Waals surface area contributed by atoms with Crippen molar-refractivity contribution in [3.63, 3.8) is 0 Å². The van der Waals surface area contributed by atoms with Gasteiger partial charge in [0.15, 0.2) is 0 Å². The van der Waals surface area contributed by atoms with Gasteiger partial charge in [-0.1, -0.05) is 47.6 Å². The highest BCUT2D eigenvalue weighted by atomic mass is 127. The lowest BCUT2D eigenvalue weighted by Gasteiger charge is -2.26. The fourth-order valence-corrected chi connectivity index (χ4v) is 6.15. The maximum Gasteiger partial charge on any atom is 0.295 e. The Morgan fingerprint density at radius 2 is 1.53 bits per heavy atom. The fourth-order valence-electron chi connectivity index (χ4n) is 4.15. The highest BCUT2D eigenvalue weighted by Crippen LogP contribution is 2.45. The predicted octanol–water partition coefficient (Wildman–Crippen LogP) is 7.59. The van der Waals surface area contributed by atoms with Crippen LogP contribution in [0.4, 0.5) is 0 Å². The third kappa shape index (κ3) is 4.74. The zero-order valence-electron chi connectivity index (χ0n) is 19.3. The number of hydrogen-bond acceptors (Lipinski definition) is 4. The zero-order valence-corrected chi connectivity index (χ0v) is 23.8. The minimum Gasteiger partial charge on any atom is -0.282 e. The lowest BCUT2D eigenvalue weighted by molar-refractivity contribution is 0.479. The van der Waals surface area contributed by atoms with Gasteiger partial charge in [-0.15, -0.1) is 0 Å². The van der Waals surface area contributed by atoms with Crippen molar-refractivity contribution < 1.29 is 13.0 Å². The first-order valence-corrected chi connectivity index (χ1v) is 13.9. The molecule has 2 aromatic carbocycles. The van der Waals surface area contributed by atoms with Crippen LogP contribution < -0.4 is 0 Å². The van der Waals surface area contributed by atoms with Gasteiger partial charge in [-0.3, -0.25) is 4.55 Å². The van der Waals surface area contributed by atoms with E-state index in [2.05, 4.69) is 57.4 Å². The van der Waals surface area contributed by atoms with Crippen molar-refractivity contribution in [3.05, 3.63) is 48.8 Å². The normalized spacial score (nSPS) is 12.5. The Morgan fingerprint density at radius 1 is 0.938 bits per heavy atom. The molecule has 0 aliphatic rings. The molecule has 1 N–H and O–H groups in total. The van der Waals surface area contributed by atoms with Crippen LogP contribution in [0.1, 0.15) is 81.8 Å². The van der Waals surface area contributed by atoms with E-state index in [1.165, 1.54) is 0 Å². The summed E-state index contributed by atoms with van der Waals surface area (Å²) in [6, 6.07) is 5.92. The van der Waals surface area contributed by atoms with Gasteiger partial charge in [-0.25, -0.2) is 9.97 Å². The van der Waals surface area contributed by atoms with Gasteiger partial charge < -0.3 is 0 Å². The molecule has 1 aromatic heterocycles. The van der Waals surface area contributed by atoms with Gasteiger partial charge in [0.1, 0.15) is 10.7 Å². The van der Waals surface area contributed by atoms with E-state index < -0.39 is 10.1 Å². The van der Waals surface area contributed by atoms with Gasteiger partial charge in [-0.05, 0) is 92.0 Å². The van der Waals surface area contributed by atoms with E-state index in [9.17, 15) is 13.0 Å². The van der Waals surface area contributed by atoms with E-state index in [-0.39, 0.29) is 22.6 Å². The van der Waals surface area contributed by atoms with Crippen LogP contribution in [-0.2, 0) is 10.1 Å². The number of benzene rings is 2. The molecule has 1 heterocycles. The Bertz CT molecular complexity index is 1320. The molecule has 0 saturated heterocycles. The number of aromatic nitrogens is 2. The number of halogens is 2. The summed E-state index contributed by atoms with van der Waals surface area (Å²) in [5, 5.41) is 0.852. The second-order valence-electron chi connectivity index (χ2n) is 9.01. The molecule has 3 rings (SSSR count). The molecular formula is C24H28BrIN2O3S. The third-order valence-corrected chi connectivity index (χ3v) is 8.80. The highest BCUT2D eigenvalue weighted by Gasteiger charge is 2.31. The highest BCUT2D eigenvalue weighted by molar-refractivity contribution is 14.1. The number of fused-ring (bicyclic) bond motifs is 1. The van der Waals surface area contributed by atoms with Crippen LogP contribution in [0, 0.1) is 10.5 Å². The van der Waals surface area contributed by atoms with Crippen LogP contribution in [0.3, 0.4) is 0 Å². The number of hydrogen-bond donors (Lipinski definition) is 1. The van der Waals surface area contributed by atoms with Gasteiger partial charge in [0.05, 0.1) is 11.2 Å². The first-order chi connectivity index (χ1) is 14.7. The van der Waals surface area contributed by atoms with Crippen molar-refractivity contribution in [3.8, 4) is 11.3 Å². The lowest BCUT2D eigenvalue weighted by Crippen LogP contribution is -2.14. The van der Waals surface area contributed by atoms with E-state index in [1.54, 1.807) is 0 Å². The lowest BCUT2D eigenvalue weighted by atomic mass is 9.82. The van der Waals surface area contributed by atoms with E-state index in [1.807, 2.05) is 52.8 Å². The summed E-state index contributed by atoms with van der Waals surface area (Å²) >= 11 is 5.84. The maximum atomic E-state index is 12.7. The smallest absolute Gasteiger partial charge is 0.282 e. The average Bonchev–Trinajstić information content (AvgIpc) is 2.66. The molecule has 0 atom stereocenters. The first kappa shape index (κ1) is 25.5. The summed E-state index contributed by atoms with van der Waals surface area (Å²) in [6.45, 7) is 13.8. The molecule has 5 nitrogen and oxygen atoms in total. The van der Waals surface area contributed by atoms with Crippen molar-refractivity contribution in [1.29, 1.82) is 0 Å². The average molecular weight is 631 g/mol. The molecule has 8 heteroatoms. The van der Waals surface area contributed by atoms with Crippen LogP contribution in [0.2, 0.25) is 0 Å². The molecule has 0 amide bonds. The van der Waals surface area contributed by atoms with Gasteiger partial charge in [0.2, 0.25) is 0 Å². The van der Waals surface area contributed by atoms with Gasteiger partial charge >= 0.3 is 0 Å². The van der Waals surface area contributed by atoms with Crippen molar-refractivity contribution in [2.45, 2.75) is 71.1 Å². The van der Waals surface area contributed by atoms with Crippen LogP contribution in [0.25, 0.3) is 22.2 Å². The SMILES string of the molecule is Cc1nc(-c2c(C(C)C)cc(C(C)C)c(S(=O)(=O)O)c2C(C)C)c2cc(I)c(Br)cc2n1. The summed E-state index contributed by atoms with van der Waals surface area (Å²) in [5.74, 6) is 0.497. The summed E-state index contributed by atoms with van der Waals surface area (Å²) in [6.07, 6.45) is 0. The molecule has 172 valence electrons. The molecule has 3 aromatic rings.